The number of aliphatic carboxylic acids is 1. The molecule has 16 heavy (non-hydrogen) atoms. The highest BCUT2D eigenvalue weighted by Gasteiger charge is 2.26. The second-order valence-electron chi connectivity index (χ2n) is 4.90. The van der Waals surface area contributed by atoms with Crippen molar-refractivity contribution in [1.29, 1.82) is 0 Å². The molecule has 2 N–H and O–H groups in total. The minimum Gasteiger partial charge on any atom is -0.480 e. The molecule has 1 amide bonds. The van der Waals surface area contributed by atoms with Crippen molar-refractivity contribution >= 4 is 11.9 Å². The van der Waals surface area contributed by atoms with Crippen molar-refractivity contribution in [3.8, 4) is 0 Å². The first-order valence-corrected chi connectivity index (χ1v) is 5.65. The summed E-state index contributed by atoms with van der Waals surface area (Å²) in [4.78, 5) is 24.1. The monoisotopic (exact) mass is 228 g/mol. The molecule has 0 spiro atoms. The van der Waals surface area contributed by atoms with Crippen LogP contribution >= 0.6 is 0 Å². The summed E-state index contributed by atoms with van der Waals surface area (Å²) in [5.74, 6) is -0.790. The number of carbonyl (C=O) groups excluding carboxylic acids is 1. The van der Waals surface area contributed by atoms with Gasteiger partial charge in [-0.1, -0.05) is 0 Å². The van der Waals surface area contributed by atoms with Crippen molar-refractivity contribution < 1.29 is 14.7 Å². The molecule has 0 saturated carbocycles. The summed E-state index contributed by atoms with van der Waals surface area (Å²) < 4.78 is 0. The smallest absolute Gasteiger partial charge is 0.317 e. The Morgan fingerprint density at radius 3 is 2.38 bits per heavy atom. The molecule has 0 aromatic rings. The maximum absolute atomic E-state index is 11.8. The van der Waals surface area contributed by atoms with E-state index in [4.69, 9.17) is 5.11 Å². The zero-order valence-corrected chi connectivity index (χ0v) is 9.95. The van der Waals surface area contributed by atoms with E-state index in [0.29, 0.717) is 6.42 Å². The molecule has 0 radical (unpaired) electrons. The zero-order valence-electron chi connectivity index (χ0n) is 9.95. The number of nitrogens with one attached hydrogen (secondary N) is 1. The van der Waals surface area contributed by atoms with Gasteiger partial charge in [0.15, 0.2) is 0 Å². The predicted molar refractivity (Wildman–Crippen MR) is 60.1 cm³/mol. The molecule has 0 atom stereocenters. The van der Waals surface area contributed by atoms with Crippen LogP contribution in [0.15, 0.2) is 0 Å². The fourth-order valence-corrected chi connectivity index (χ4v) is 1.83. The molecule has 1 heterocycles. The second-order valence-corrected chi connectivity index (χ2v) is 4.90. The molecular weight excluding hydrogens is 208 g/mol. The van der Waals surface area contributed by atoms with Crippen molar-refractivity contribution in [2.75, 3.05) is 19.6 Å². The molecule has 5 nitrogen and oxygen atoms in total. The first-order valence-electron chi connectivity index (χ1n) is 5.65. The van der Waals surface area contributed by atoms with E-state index >= 15 is 0 Å². The Kier molecular flexibility index (Phi) is 4.29. The summed E-state index contributed by atoms with van der Waals surface area (Å²) in [6.45, 7) is 5.27. The molecule has 1 aliphatic rings. The number of rotatable bonds is 5. The lowest BCUT2D eigenvalue weighted by Gasteiger charge is -2.27. The summed E-state index contributed by atoms with van der Waals surface area (Å²) in [7, 11) is 0. The fourth-order valence-electron chi connectivity index (χ4n) is 1.83. The maximum Gasteiger partial charge on any atom is 0.317 e. The van der Waals surface area contributed by atoms with E-state index in [1.165, 1.54) is 0 Å². The molecule has 5 heteroatoms. The Morgan fingerprint density at radius 1 is 1.31 bits per heavy atom. The van der Waals surface area contributed by atoms with Gasteiger partial charge in [-0.15, -0.1) is 0 Å². The normalized spacial score (nSPS) is 16.5. The molecule has 0 aromatic carbocycles. The summed E-state index contributed by atoms with van der Waals surface area (Å²) in [6, 6.07) is 0. The number of hydrogen-bond donors (Lipinski definition) is 2. The van der Waals surface area contributed by atoms with E-state index in [9.17, 15) is 9.59 Å². The van der Waals surface area contributed by atoms with Gasteiger partial charge >= 0.3 is 5.97 Å². The fraction of sp³-hybridized carbons (Fsp3) is 0.818. The van der Waals surface area contributed by atoms with Crippen LogP contribution in [-0.2, 0) is 9.59 Å². The van der Waals surface area contributed by atoms with E-state index in [1.54, 1.807) is 0 Å². The van der Waals surface area contributed by atoms with Crippen LogP contribution in [0.1, 0.15) is 33.1 Å². The van der Waals surface area contributed by atoms with Gasteiger partial charge in [0.05, 0.1) is 6.54 Å². The van der Waals surface area contributed by atoms with E-state index in [0.717, 1.165) is 25.9 Å². The Hall–Kier alpha value is -1.10. The van der Waals surface area contributed by atoms with Gasteiger partial charge in [-0.2, -0.15) is 0 Å². The van der Waals surface area contributed by atoms with Crippen LogP contribution in [0.4, 0.5) is 0 Å². The van der Waals surface area contributed by atoms with Gasteiger partial charge in [0.1, 0.15) is 0 Å². The Bertz CT molecular complexity index is 270. The molecule has 0 aromatic heterocycles. The Balaban J connectivity index is 2.38. The summed E-state index contributed by atoms with van der Waals surface area (Å²) in [6.07, 6.45) is 2.50. The third-order valence-electron chi connectivity index (χ3n) is 2.77. The minimum atomic E-state index is -0.901. The molecular formula is C11H20N2O3. The highest BCUT2D eigenvalue weighted by atomic mass is 16.4. The van der Waals surface area contributed by atoms with Gasteiger partial charge in [-0.25, -0.2) is 0 Å². The van der Waals surface area contributed by atoms with Crippen LogP contribution in [0.5, 0.6) is 0 Å². The topological polar surface area (TPSA) is 69.6 Å². The number of likely N-dealkylation sites (tertiary alicyclic amines) is 1. The highest BCUT2D eigenvalue weighted by Crippen LogP contribution is 2.14. The van der Waals surface area contributed by atoms with Crippen molar-refractivity contribution in [1.82, 2.24) is 10.2 Å². The van der Waals surface area contributed by atoms with Crippen LogP contribution in [0.2, 0.25) is 0 Å². The SMILES string of the molecule is CC(C)(CC(=O)N1CCCC1)NCC(=O)O. The largest absolute Gasteiger partial charge is 0.480 e. The summed E-state index contributed by atoms with van der Waals surface area (Å²) in [5.41, 5.74) is -0.460. The van der Waals surface area contributed by atoms with Gasteiger partial charge in [0, 0.05) is 25.0 Å². The van der Waals surface area contributed by atoms with E-state index in [-0.39, 0.29) is 12.5 Å². The zero-order chi connectivity index (χ0) is 12.2. The van der Waals surface area contributed by atoms with Crippen molar-refractivity contribution in [2.45, 2.75) is 38.6 Å². The highest BCUT2D eigenvalue weighted by molar-refractivity contribution is 5.77. The van der Waals surface area contributed by atoms with Gasteiger partial charge < -0.3 is 15.3 Å². The van der Waals surface area contributed by atoms with E-state index in [2.05, 4.69) is 5.32 Å². The molecule has 0 bridgehead atoms. The van der Waals surface area contributed by atoms with Gasteiger partial charge in [-0.05, 0) is 26.7 Å². The van der Waals surface area contributed by atoms with Gasteiger partial charge in [-0.3, -0.25) is 9.59 Å². The molecule has 1 rings (SSSR count). The average molecular weight is 228 g/mol. The van der Waals surface area contributed by atoms with Crippen LogP contribution in [0.25, 0.3) is 0 Å². The molecule has 0 unspecified atom stereocenters. The number of amides is 1. The van der Waals surface area contributed by atoms with Crippen molar-refractivity contribution in [2.24, 2.45) is 0 Å². The molecule has 1 saturated heterocycles. The third kappa shape index (κ3) is 4.18. The van der Waals surface area contributed by atoms with Crippen molar-refractivity contribution in [3.63, 3.8) is 0 Å². The second kappa shape index (κ2) is 5.30. The minimum absolute atomic E-state index is 0.111. The summed E-state index contributed by atoms with van der Waals surface area (Å²) >= 11 is 0. The Labute approximate surface area is 95.8 Å². The lowest BCUT2D eigenvalue weighted by molar-refractivity contribution is -0.137. The number of carboxylic acid groups (broad SMARTS) is 1. The lowest BCUT2D eigenvalue weighted by Crippen LogP contribution is -2.46. The van der Waals surface area contributed by atoms with E-state index in [1.807, 2.05) is 18.7 Å². The number of hydrogen-bond acceptors (Lipinski definition) is 3. The first kappa shape index (κ1) is 13.0. The van der Waals surface area contributed by atoms with Crippen molar-refractivity contribution in [3.05, 3.63) is 0 Å². The average Bonchev–Trinajstić information content (AvgIpc) is 2.67. The number of carboxylic acids is 1. The van der Waals surface area contributed by atoms with Crippen LogP contribution < -0.4 is 5.32 Å². The predicted octanol–water partition coefficient (Wildman–Crippen LogP) is 0.452. The molecule has 0 aliphatic carbocycles. The summed E-state index contributed by atoms with van der Waals surface area (Å²) in [5, 5.41) is 11.4. The standard InChI is InChI=1S/C11H20N2O3/c1-11(2,12-8-10(15)16)7-9(14)13-5-3-4-6-13/h12H,3-8H2,1-2H3,(H,15,16). The van der Waals surface area contributed by atoms with Crippen LogP contribution in [0.3, 0.4) is 0 Å². The molecule has 1 fully saturated rings. The van der Waals surface area contributed by atoms with Crippen LogP contribution in [-0.4, -0.2) is 47.1 Å². The van der Waals surface area contributed by atoms with E-state index < -0.39 is 11.5 Å². The lowest BCUT2D eigenvalue weighted by atomic mass is 10.00. The Morgan fingerprint density at radius 2 is 1.88 bits per heavy atom. The number of nitrogens with zero attached hydrogens (tertiary/aromatic N) is 1. The maximum atomic E-state index is 11.8. The van der Waals surface area contributed by atoms with Gasteiger partial charge in [0.25, 0.3) is 0 Å². The van der Waals surface area contributed by atoms with Crippen LogP contribution in [0, 0.1) is 0 Å². The quantitative estimate of drug-likeness (QED) is 0.717. The third-order valence-corrected chi connectivity index (χ3v) is 2.77. The van der Waals surface area contributed by atoms with Gasteiger partial charge in [0.2, 0.25) is 5.91 Å². The first-order chi connectivity index (χ1) is 7.41. The number of carbonyl (C=O) groups is 2. The molecule has 1 aliphatic heterocycles. The molecule has 92 valence electrons.